The molecule has 2 fully saturated rings. The highest BCUT2D eigenvalue weighted by molar-refractivity contribution is 5.76. The Morgan fingerprint density at radius 3 is 2.88 bits per heavy atom. The first-order valence-electron chi connectivity index (χ1n) is 6.81. The second-order valence-corrected chi connectivity index (χ2v) is 5.42. The Morgan fingerprint density at radius 2 is 2.29 bits per heavy atom. The first-order chi connectivity index (χ1) is 8.21. The van der Waals surface area contributed by atoms with E-state index in [-0.39, 0.29) is 12.0 Å². The lowest BCUT2D eigenvalue weighted by molar-refractivity contribution is -0.148. The van der Waals surface area contributed by atoms with Crippen molar-refractivity contribution in [2.75, 3.05) is 26.2 Å². The van der Waals surface area contributed by atoms with Crippen LogP contribution < -0.4 is 5.73 Å². The van der Waals surface area contributed by atoms with Gasteiger partial charge in [0.05, 0.1) is 6.61 Å². The van der Waals surface area contributed by atoms with Crippen LogP contribution in [0.25, 0.3) is 0 Å². The van der Waals surface area contributed by atoms with E-state index in [1.807, 2.05) is 6.92 Å². The molecule has 17 heavy (non-hydrogen) atoms. The van der Waals surface area contributed by atoms with Crippen LogP contribution in [0.15, 0.2) is 0 Å². The third-order valence-electron chi connectivity index (χ3n) is 4.09. The standard InChI is InChI=1S/C13H24N2O2/c1-2-17-12(16)11-4-3-9-15(11)10-13(5-6-13)7-8-14/h11H,2-10,14H2,1H3. The molecule has 1 aliphatic heterocycles. The van der Waals surface area contributed by atoms with Crippen molar-refractivity contribution in [2.45, 2.75) is 45.1 Å². The van der Waals surface area contributed by atoms with Crippen LogP contribution in [0, 0.1) is 5.41 Å². The highest BCUT2D eigenvalue weighted by Gasteiger charge is 2.45. The molecule has 0 radical (unpaired) electrons. The van der Waals surface area contributed by atoms with Crippen LogP contribution in [0.3, 0.4) is 0 Å². The molecule has 2 rings (SSSR count). The quantitative estimate of drug-likeness (QED) is 0.707. The van der Waals surface area contributed by atoms with Gasteiger partial charge in [-0.25, -0.2) is 0 Å². The largest absolute Gasteiger partial charge is 0.465 e. The first kappa shape index (κ1) is 12.8. The summed E-state index contributed by atoms with van der Waals surface area (Å²) in [4.78, 5) is 14.2. The van der Waals surface area contributed by atoms with Gasteiger partial charge in [-0.3, -0.25) is 9.69 Å². The molecular weight excluding hydrogens is 216 g/mol. The van der Waals surface area contributed by atoms with Gasteiger partial charge in [0, 0.05) is 6.54 Å². The second-order valence-electron chi connectivity index (χ2n) is 5.42. The number of hydrogen-bond acceptors (Lipinski definition) is 4. The predicted molar refractivity (Wildman–Crippen MR) is 66.6 cm³/mol. The highest BCUT2D eigenvalue weighted by Crippen LogP contribution is 2.49. The molecule has 4 nitrogen and oxygen atoms in total. The maximum Gasteiger partial charge on any atom is 0.323 e. The fraction of sp³-hybridized carbons (Fsp3) is 0.923. The fourth-order valence-electron chi connectivity index (χ4n) is 2.92. The number of nitrogens with zero attached hydrogens (tertiary/aromatic N) is 1. The van der Waals surface area contributed by atoms with Crippen LogP contribution >= 0.6 is 0 Å². The van der Waals surface area contributed by atoms with Crippen LogP contribution in [0.1, 0.15) is 39.0 Å². The van der Waals surface area contributed by atoms with E-state index in [9.17, 15) is 4.79 Å². The summed E-state index contributed by atoms with van der Waals surface area (Å²) >= 11 is 0. The Kier molecular flexibility index (Phi) is 4.05. The highest BCUT2D eigenvalue weighted by atomic mass is 16.5. The van der Waals surface area contributed by atoms with E-state index in [0.29, 0.717) is 12.0 Å². The van der Waals surface area contributed by atoms with Crippen molar-refractivity contribution >= 4 is 5.97 Å². The topological polar surface area (TPSA) is 55.6 Å². The monoisotopic (exact) mass is 240 g/mol. The average molecular weight is 240 g/mol. The first-order valence-corrected chi connectivity index (χ1v) is 6.81. The van der Waals surface area contributed by atoms with E-state index in [1.165, 1.54) is 12.8 Å². The van der Waals surface area contributed by atoms with E-state index in [0.717, 1.165) is 38.9 Å². The fourth-order valence-corrected chi connectivity index (χ4v) is 2.92. The molecular formula is C13H24N2O2. The number of rotatable bonds is 6. The van der Waals surface area contributed by atoms with Crippen molar-refractivity contribution in [1.82, 2.24) is 4.90 Å². The van der Waals surface area contributed by atoms with Gasteiger partial charge < -0.3 is 10.5 Å². The van der Waals surface area contributed by atoms with Gasteiger partial charge in [-0.05, 0) is 57.5 Å². The van der Waals surface area contributed by atoms with E-state index < -0.39 is 0 Å². The molecule has 1 aliphatic carbocycles. The number of carbonyl (C=O) groups excluding carboxylic acids is 1. The summed E-state index contributed by atoms with van der Waals surface area (Å²) in [5.74, 6) is -0.0338. The Bertz CT molecular complexity index is 277. The normalized spacial score (nSPS) is 27.1. The molecule has 2 N–H and O–H groups in total. The Balaban J connectivity index is 1.89. The van der Waals surface area contributed by atoms with Gasteiger partial charge in [-0.1, -0.05) is 0 Å². The minimum absolute atomic E-state index is 0.00481. The van der Waals surface area contributed by atoms with Gasteiger partial charge >= 0.3 is 5.97 Å². The van der Waals surface area contributed by atoms with E-state index in [4.69, 9.17) is 10.5 Å². The predicted octanol–water partition coefficient (Wildman–Crippen LogP) is 1.14. The van der Waals surface area contributed by atoms with Crippen molar-refractivity contribution in [2.24, 2.45) is 11.1 Å². The number of ether oxygens (including phenoxy) is 1. The summed E-state index contributed by atoms with van der Waals surface area (Å²) in [5.41, 5.74) is 6.08. The minimum atomic E-state index is -0.0338. The Labute approximate surface area is 103 Å². The van der Waals surface area contributed by atoms with Gasteiger partial charge in [0.15, 0.2) is 0 Å². The molecule has 98 valence electrons. The van der Waals surface area contributed by atoms with Crippen molar-refractivity contribution in [1.29, 1.82) is 0 Å². The van der Waals surface area contributed by atoms with E-state index in [1.54, 1.807) is 0 Å². The van der Waals surface area contributed by atoms with Crippen LogP contribution in [0.5, 0.6) is 0 Å². The van der Waals surface area contributed by atoms with Crippen LogP contribution in [-0.4, -0.2) is 43.2 Å². The number of likely N-dealkylation sites (tertiary alicyclic amines) is 1. The summed E-state index contributed by atoms with van der Waals surface area (Å²) in [6, 6.07) is 0.00481. The molecule has 0 amide bonds. The summed E-state index contributed by atoms with van der Waals surface area (Å²) in [6.07, 6.45) is 5.71. The summed E-state index contributed by atoms with van der Waals surface area (Å²) < 4.78 is 5.15. The maximum absolute atomic E-state index is 11.8. The lowest BCUT2D eigenvalue weighted by Crippen LogP contribution is -2.41. The van der Waals surface area contributed by atoms with Crippen molar-refractivity contribution in [3.8, 4) is 0 Å². The second kappa shape index (κ2) is 5.36. The van der Waals surface area contributed by atoms with Gasteiger partial charge in [-0.15, -0.1) is 0 Å². The van der Waals surface area contributed by atoms with Crippen molar-refractivity contribution in [3.63, 3.8) is 0 Å². The zero-order valence-electron chi connectivity index (χ0n) is 10.8. The molecule has 0 aromatic rings. The molecule has 0 aromatic heterocycles. The number of hydrogen-bond donors (Lipinski definition) is 1. The molecule has 1 saturated carbocycles. The van der Waals surface area contributed by atoms with Gasteiger partial charge in [0.25, 0.3) is 0 Å². The zero-order valence-corrected chi connectivity index (χ0v) is 10.8. The molecule has 2 aliphatic rings. The molecule has 4 heteroatoms. The zero-order chi connectivity index (χ0) is 12.3. The number of carbonyl (C=O) groups is 1. The summed E-state index contributed by atoms with van der Waals surface area (Å²) in [7, 11) is 0. The molecule has 1 saturated heterocycles. The third-order valence-corrected chi connectivity index (χ3v) is 4.09. The summed E-state index contributed by atoms with van der Waals surface area (Å²) in [6.45, 7) is 5.19. The van der Waals surface area contributed by atoms with Crippen molar-refractivity contribution < 1.29 is 9.53 Å². The maximum atomic E-state index is 11.8. The van der Waals surface area contributed by atoms with Crippen LogP contribution in [0.2, 0.25) is 0 Å². The molecule has 0 bridgehead atoms. The minimum Gasteiger partial charge on any atom is -0.465 e. The smallest absolute Gasteiger partial charge is 0.323 e. The molecule has 1 heterocycles. The van der Waals surface area contributed by atoms with Crippen molar-refractivity contribution in [3.05, 3.63) is 0 Å². The molecule has 0 spiro atoms. The number of nitrogens with two attached hydrogens (primary N) is 1. The SMILES string of the molecule is CCOC(=O)C1CCCN1CC1(CCN)CC1. The third kappa shape index (κ3) is 2.99. The lowest BCUT2D eigenvalue weighted by atomic mass is 10.0. The van der Waals surface area contributed by atoms with E-state index in [2.05, 4.69) is 4.90 Å². The van der Waals surface area contributed by atoms with Crippen LogP contribution in [0.4, 0.5) is 0 Å². The Hall–Kier alpha value is -0.610. The Morgan fingerprint density at radius 1 is 1.53 bits per heavy atom. The van der Waals surface area contributed by atoms with Crippen LogP contribution in [-0.2, 0) is 9.53 Å². The van der Waals surface area contributed by atoms with Gasteiger partial charge in [0.2, 0.25) is 0 Å². The summed E-state index contributed by atoms with van der Waals surface area (Å²) in [5, 5.41) is 0. The molecule has 0 aromatic carbocycles. The van der Waals surface area contributed by atoms with E-state index >= 15 is 0 Å². The lowest BCUT2D eigenvalue weighted by Gasteiger charge is -2.27. The van der Waals surface area contributed by atoms with Gasteiger partial charge in [-0.2, -0.15) is 0 Å². The average Bonchev–Trinajstić information content (AvgIpc) is 2.89. The molecule has 1 unspecified atom stereocenters. The van der Waals surface area contributed by atoms with Gasteiger partial charge in [0.1, 0.15) is 6.04 Å². The number of esters is 1. The molecule has 1 atom stereocenters.